The van der Waals surface area contributed by atoms with Crippen LogP contribution in [-0.2, 0) is 21.4 Å². The summed E-state index contributed by atoms with van der Waals surface area (Å²) < 4.78 is 45.7. The third-order valence-electron chi connectivity index (χ3n) is 4.29. The molecule has 0 aliphatic rings. The van der Waals surface area contributed by atoms with Crippen molar-refractivity contribution >= 4 is 16.0 Å². The molecule has 0 amide bonds. The lowest BCUT2D eigenvalue weighted by Crippen LogP contribution is -2.23. The van der Waals surface area contributed by atoms with E-state index in [1.165, 1.54) is 12.1 Å². The Labute approximate surface area is 178 Å². The Hall–Kier alpha value is -3.74. The van der Waals surface area contributed by atoms with Crippen LogP contribution in [0.25, 0.3) is 11.1 Å². The summed E-state index contributed by atoms with van der Waals surface area (Å²) in [4.78, 5) is 10.8. The Kier molecular flexibility index (Phi) is 6.65. The van der Waals surface area contributed by atoms with E-state index in [0.29, 0.717) is 22.3 Å². The standard InChI is InChI=1S/C22H17FN2O5S/c23-18-5-7-19(8-6-18)31(28,29)25-13-16-4-9-21(30-14-22(26)27)20(11-16)17-3-1-2-15(10-17)12-24/h1-11,25H,13-14H2,(H,26,27). The third kappa shape index (κ3) is 5.66. The summed E-state index contributed by atoms with van der Waals surface area (Å²) in [6.45, 7) is -0.620. The van der Waals surface area contributed by atoms with Crippen molar-refractivity contribution in [2.24, 2.45) is 0 Å². The number of aliphatic carboxylic acids is 1. The third-order valence-corrected chi connectivity index (χ3v) is 5.71. The molecule has 3 aromatic carbocycles. The van der Waals surface area contributed by atoms with E-state index in [1.54, 1.807) is 42.5 Å². The molecule has 9 heteroatoms. The number of sulfonamides is 1. The minimum Gasteiger partial charge on any atom is -0.481 e. The molecule has 0 saturated carbocycles. The quantitative estimate of drug-likeness (QED) is 0.555. The highest BCUT2D eigenvalue weighted by molar-refractivity contribution is 7.89. The average molecular weight is 440 g/mol. The summed E-state index contributed by atoms with van der Waals surface area (Å²) in [5.74, 6) is -1.41. The molecule has 0 spiro atoms. The van der Waals surface area contributed by atoms with Crippen molar-refractivity contribution < 1.29 is 27.4 Å². The normalized spacial score (nSPS) is 11.0. The molecule has 0 saturated heterocycles. The van der Waals surface area contributed by atoms with E-state index in [-0.39, 0.29) is 17.2 Å². The van der Waals surface area contributed by atoms with Gasteiger partial charge in [0.25, 0.3) is 0 Å². The van der Waals surface area contributed by atoms with Crippen molar-refractivity contribution in [1.82, 2.24) is 4.72 Å². The molecule has 0 aliphatic carbocycles. The fraction of sp³-hybridized carbons (Fsp3) is 0.0909. The van der Waals surface area contributed by atoms with Gasteiger partial charge in [0, 0.05) is 12.1 Å². The van der Waals surface area contributed by atoms with Crippen LogP contribution in [-0.4, -0.2) is 26.1 Å². The van der Waals surface area contributed by atoms with Crippen LogP contribution in [0.15, 0.2) is 71.6 Å². The van der Waals surface area contributed by atoms with E-state index < -0.39 is 28.4 Å². The predicted molar refractivity (Wildman–Crippen MR) is 110 cm³/mol. The second-order valence-electron chi connectivity index (χ2n) is 6.48. The summed E-state index contributed by atoms with van der Waals surface area (Å²) in [5.41, 5.74) is 2.11. The number of ether oxygens (including phenoxy) is 1. The zero-order chi connectivity index (χ0) is 22.4. The van der Waals surface area contributed by atoms with Crippen molar-refractivity contribution in [2.75, 3.05) is 6.61 Å². The molecular formula is C22H17FN2O5S. The van der Waals surface area contributed by atoms with Crippen LogP contribution in [0.4, 0.5) is 4.39 Å². The van der Waals surface area contributed by atoms with E-state index in [4.69, 9.17) is 15.1 Å². The number of nitrogens with one attached hydrogen (secondary N) is 1. The number of nitriles is 1. The minimum atomic E-state index is -3.86. The van der Waals surface area contributed by atoms with Crippen molar-refractivity contribution in [2.45, 2.75) is 11.4 Å². The molecule has 2 N–H and O–H groups in total. The predicted octanol–water partition coefficient (Wildman–Crippen LogP) is 3.31. The SMILES string of the molecule is N#Cc1cccc(-c2cc(CNS(=O)(=O)c3ccc(F)cc3)ccc2OCC(=O)O)c1. The maximum Gasteiger partial charge on any atom is 0.341 e. The summed E-state index contributed by atoms with van der Waals surface area (Å²) in [6.07, 6.45) is 0. The number of nitrogens with zero attached hydrogens (tertiary/aromatic N) is 1. The first-order valence-corrected chi connectivity index (χ1v) is 10.5. The van der Waals surface area contributed by atoms with Gasteiger partial charge in [0.15, 0.2) is 6.61 Å². The largest absolute Gasteiger partial charge is 0.481 e. The Balaban J connectivity index is 1.90. The highest BCUT2D eigenvalue weighted by Crippen LogP contribution is 2.32. The highest BCUT2D eigenvalue weighted by atomic mass is 32.2. The van der Waals surface area contributed by atoms with E-state index in [9.17, 15) is 17.6 Å². The lowest BCUT2D eigenvalue weighted by Gasteiger charge is -2.13. The van der Waals surface area contributed by atoms with Crippen LogP contribution in [0.3, 0.4) is 0 Å². The lowest BCUT2D eigenvalue weighted by molar-refractivity contribution is -0.139. The van der Waals surface area contributed by atoms with Crippen molar-refractivity contribution in [3.05, 3.63) is 83.7 Å². The summed E-state index contributed by atoms with van der Waals surface area (Å²) >= 11 is 0. The molecule has 7 nitrogen and oxygen atoms in total. The lowest BCUT2D eigenvalue weighted by atomic mass is 10.00. The molecule has 0 aliphatic heterocycles. The maximum absolute atomic E-state index is 13.1. The van der Waals surface area contributed by atoms with Crippen LogP contribution in [0.1, 0.15) is 11.1 Å². The van der Waals surface area contributed by atoms with Crippen molar-refractivity contribution in [1.29, 1.82) is 5.26 Å². The van der Waals surface area contributed by atoms with Crippen LogP contribution in [0, 0.1) is 17.1 Å². The molecular weight excluding hydrogens is 423 g/mol. The molecule has 0 heterocycles. The van der Waals surface area contributed by atoms with Crippen LogP contribution in [0.5, 0.6) is 5.75 Å². The van der Waals surface area contributed by atoms with E-state index in [0.717, 1.165) is 12.1 Å². The topological polar surface area (TPSA) is 116 Å². The summed E-state index contributed by atoms with van der Waals surface area (Å²) in [6, 6.07) is 17.9. The van der Waals surface area contributed by atoms with Gasteiger partial charge in [0.2, 0.25) is 10.0 Å². The van der Waals surface area contributed by atoms with Gasteiger partial charge in [-0.25, -0.2) is 22.3 Å². The van der Waals surface area contributed by atoms with Gasteiger partial charge in [-0.15, -0.1) is 0 Å². The first-order valence-electron chi connectivity index (χ1n) is 9.02. The van der Waals surface area contributed by atoms with Crippen LogP contribution < -0.4 is 9.46 Å². The van der Waals surface area contributed by atoms with Crippen LogP contribution in [0.2, 0.25) is 0 Å². The number of benzene rings is 3. The average Bonchev–Trinajstić information content (AvgIpc) is 2.77. The second kappa shape index (κ2) is 9.38. The van der Waals surface area contributed by atoms with E-state index in [2.05, 4.69) is 4.72 Å². The number of hydrogen-bond acceptors (Lipinski definition) is 5. The van der Waals surface area contributed by atoms with Gasteiger partial charge in [0.05, 0.1) is 16.5 Å². The number of hydrogen-bond donors (Lipinski definition) is 2. The number of halogens is 1. The molecule has 3 rings (SSSR count). The summed E-state index contributed by atoms with van der Waals surface area (Å²) in [7, 11) is -3.86. The minimum absolute atomic E-state index is 0.0656. The van der Waals surface area contributed by atoms with Crippen molar-refractivity contribution in [3.8, 4) is 22.9 Å². The van der Waals surface area contributed by atoms with Gasteiger partial charge in [0.1, 0.15) is 11.6 Å². The molecule has 0 radical (unpaired) electrons. The molecule has 0 bridgehead atoms. The zero-order valence-corrected chi connectivity index (χ0v) is 16.9. The number of carboxylic acids is 1. The van der Waals surface area contributed by atoms with Gasteiger partial charge >= 0.3 is 5.97 Å². The van der Waals surface area contributed by atoms with Gasteiger partial charge in [-0.3, -0.25) is 0 Å². The maximum atomic E-state index is 13.1. The molecule has 0 fully saturated rings. The number of carboxylic acid groups (broad SMARTS) is 1. The van der Waals surface area contributed by atoms with E-state index >= 15 is 0 Å². The van der Waals surface area contributed by atoms with E-state index in [1.807, 2.05) is 6.07 Å². The molecule has 0 aromatic heterocycles. The fourth-order valence-corrected chi connectivity index (χ4v) is 3.83. The molecule has 158 valence electrons. The monoisotopic (exact) mass is 440 g/mol. The van der Waals surface area contributed by atoms with Gasteiger partial charge in [-0.1, -0.05) is 18.2 Å². The van der Waals surface area contributed by atoms with Crippen LogP contribution >= 0.6 is 0 Å². The number of rotatable bonds is 8. The molecule has 31 heavy (non-hydrogen) atoms. The number of carbonyl (C=O) groups is 1. The zero-order valence-electron chi connectivity index (χ0n) is 16.1. The fourth-order valence-electron chi connectivity index (χ4n) is 2.81. The molecule has 0 atom stereocenters. The first-order chi connectivity index (χ1) is 14.8. The Bertz CT molecular complexity index is 1250. The Morgan fingerprint density at radius 2 is 1.84 bits per heavy atom. The smallest absolute Gasteiger partial charge is 0.341 e. The summed E-state index contributed by atoms with van der Waals surface area (Å²) in [5, 5.41) is 18.1. The Morgan fingerprint density at radius 3 is 2.52 bits per heavy atom. The van der Waals surface area contributed by atoms with Gasteiger partial charge in [-0.2, -0.15) is 5.26 Å². The molecule has 3 aromatic rings. The van der Waals surface area contributed by atoms with Gasteiger partial charge < -0.3 is 9.84 Å². The Morgan fingerprint density at radius 1 is 1.10 bits per heavy atom. The van der Waals surface area contributed by atoms with Gasteiger partial charge in [-0.05, 0) is 59.7 Å². The second-order valence-corrected chi connectivity index (χ2v) is 8.25. The molecule has 0 unspecified atom stereocenters. The highest BCUT2D eigenvalue weighted by Gasteiger charge is 2.15. The van der Waals surface area contributed by atoms with Crippen molar-refractivity contribution in [3.63, 3.8) is 0 Å². The first kappa shape index (κ1) is 22.0.